The Morgan fingerprint density at radius 2 is 2.00 bits per heavy atom. The zero-order valence-electron chi connectivity index (χ0n) is 12.9. The van der Waals surface area contributed by atoms with Crippen molar-refractivity contribution in [2.45, 2.75) is 18.4 Å². The van der Waals surface area contributed by atoms with Crippen LogP contribution < -0.4 is 15.5 Å². The summed E-state index contributed by atoms with van der Waals surface area (Å²) in [5.74, 6) is 0.00737. The maximum Gasteiger partial charge on any atom is 0.252 e. The number of carbonyl (C=O) groups excluding carboxylic acids is 1. The number of benzene rings is 1. The Bertz CT molecular complexity index is 444. The van der Waals surface area contributed by atoms with Gasteiger partial charge >= 0.3 is 0 Å². The van der Waals surface area contributed by atoms with Crippen LogP contribution in [-0.4, -0.2) is 51.8 Å². The van der Waals surface area contributed by atoms with E-state index in [1.54, 1.807) is 7.11 Å². The van der Waals surface area contributed by atoms with Crippen molar-refractivity contribution in [1.29, 1.82) is 0 Å². The van der Waals surface area contributed by atoms with Crippen LogP contribution in [0, 0.1) is 0 Å². The first-order valence-electron chi connectivity index (χ1n) is 7.48. The molecule has 0 bridgehead atoms. The van der Waals surface area contributed by atoms with E-state index in [4.69, 9.17) is 4.74 Å². The molecule has 1 aromatic rings. The third-order valence-electron chi connectivity index (χ3n) is 4.15. The summed E-state index contributed by atoms with van der Waals surface area (Å²) in [6, 6.07) is 10.1. The van der Waals surface area contributed by atoms with Gasteiger partial charge in [-0.2, -0.15) is 0 Å². The number of ether oxygens (including phenoxy) is 1. The SMILES string of the molecule is COC1(C(=O)NCCN(C)c2ccccc2)CCNCC1. The summed E-state index contributed by atoms with van der Waals surface area (Å²) in [4.78, 5) is 14.5. The first-order chi connectivity index (χ1) is 10.2. The highest BCUT2D eigenvalue weighted by Gasteiger charge is 2.39. The van der Waals surface area contributed by atoms with Crippen LogP contribution in [0.4, 0.5) is 5.69 Å². The number of para-hydroxylation sites is 1. The zero-order chi connectivity index (χ0) is 15.1. The molecule has 21 heavy (non-hydrogen) atoms. The molecule has 0 spiro atoms. The molecule has 2 N–H and O–H groups in total. The highest BCUT2D eigenvalue weighted by molar-refractivity contribution is 5.85. The minimum absolute atomic E-state index is 0.00737. The largest absolute Gasteiger partial charge is 0.373 e. The lowest BCUT2D eigenvalue weighted by atomic mass is 9.91. The van der Waals surface area contributed by atoms with Crippen LogP contribution >= 0.6 is 0 Å². The second-order valence-corrected chi connectivity index (χ2v) is 5.46. The van der Waals surface area contributed by atoms with E-state index >= 15 is 0 Å². The third-order valence-corrected chi connectivity index (χ3v) is 4.15. The molecule has 1 heterocycles. The van der Waals surface area contributed by atoms with E-state index in [1.807, 2.05) is 25.2 Å². The topological polar surface area (TPSA) is 53.6 Å². The molecule has 1 fully saturated rings. The van der Waals surface area contributed by atoms with E-state index in [-0.39, 0.29) is 5.91 Å². The van der Waals surface area contributed by atoms with Crippen molar-refractivity contribution < 1.29 is 9.53 Å². The van der Waals surface area contributed by atoms with Gasteiger partial charge in [0.05, 0.1) is 0 Å². The van der Waals surface area contributed by atoms with Crippen molar-refractivity contribution in [3.8, 4) is 0 Å². The molecular weight excluding hydrogens is 266 g/mol. The van der Waals surface area contributed by atoms with E-state index in [2.05, 4.69) is 27.7 Å². The van der Waals surface area contributed by atoms with Gasteiger partial charge in [-0.05, 0) is 38.1 Å². The smallest absolute Gasteiger partial charge is 0.252 e. The fraction of sp³-hybridized carbons (Fsp3) is 0.562. The molecule has 116 valence electrons. The van der Waals surface area contributed by atoms with Crippen molar-refractivity contribution in [3.63, 3.8) is 0 Å². The molecule has 1 aliphatic heterocycles. The summed E-state index contributed by atoms with van der Waals surface area (Å²) >= 11 is 0. The number of rotatable bonds is 6. The molecule has 1 aromatic carbocycles. The summed E-state index contributed by atoms with van der Waals surface area (Å²) < 4.78 is 5.52. The Hall–Kier alpha value is -1.59. The summed E-state index contributed by atoms with van der Waals surface area (Å²) in [5, 5.41) is 6.27. The molecule has 0 atom stereocenters. The average Bonchev–Trinajstić information content (AvgIpc) is 2.56. The third kappa shape index (κ3) is 3.95. The summed E-state index contributed by atoms with van der Waals surface area (Å²) in [6.45, 7) is 3.03. The van der Waals surface area contributed by atoms with E-state index in [0.717, 1.165) is 38.2 Å². The predicted molar refractivity (Wildman–Crippen MR) is 84.6 cm³/mol. The monoisotopic (exact) mass is 291 g/mol. The molecular formula is C16H25N3O2. The second-order valence-electron chi connectivity index (χ2n) is 5.46. The number of hydrogen-bond acceptors (Lipinski definition) is 4. The predicted octanol–water partition coefficient (Wildman–Crippen LogP) is 1.01. The number of piperidine rings is 1. The number of nitrogens with one attached hydrogen (secondary N) is 2. The highest BCUT2D eigenvalue weighted by atomic mass is 16.5. The zero-order valence-corrected chi connectivity index (χ0v) is 12.9. The molecule has 0 aromatic heterocycles. The van der Waals surface area contributed by atoms with Gasteiger partial charge in [0.1, 0.15) is 5.60 Å². The van der Waals surface area contributed by atoms with Crippen LogP contribution in [0.3, 0.4) is 0 Å². The quantitative estimate of drug-likeness (QED) is 0.821. The summed E-state index contributed by atoms with van der Waals surface area (Å²) in [7, 11) is 3.65. The Balaban J connectivity index is 1.81. The van der Waals surface area contributed by atoms with Gasteiger partial charge < -0.3 is 20.3 Å². The highest BCUT2D eigenvalue weighted by Crippen LogP contribution is 2.22. The molecule has 1 amide bonds. The lowest BCUT2D eigenvalue weighted by Gasteiger charge is -2.35. The van der Waals surface area contributed by atoms with Crippen LogP contribution in [0.5, 0.6) is 0 Å². The van der Waals surface area contributed by atoms with E-state index in [0.29, 0.717) is 6.54 Å². The molecule has 0 radical (unpaired) electrons. The van der Waals surface area contributed by atoms with Crippen molar-refractivity contribution in [1.82, 2.24) is 10.6 Å². The lowest BCUT2D eigenvalue weighted by Crippen LogP contribution is -2.54. The normalized spacial score (nSPS) is 17.2. The Morgan fingerprint density at radius 1 is 1.33 bits per heavy atom. The number of carbonyl (C=O) groups is 1. The maximum atomic E-state index is 12.4. The standard InChI is InChI=1S/C16H25N3O2/c1-19(14-6-4-3-5-7-14)13-12-18-15(20)16(21-2)8-10-17-11-9-16/h3-7,17H,8-13H2,1-2H3,(H,18,20). The van der Waals surface area contributed by atoms with Gasteiger partial charge in [0, 0.05) is 32.9 Å². The first kappa shape index (κ1) is 15.8. The number of amides is 1. The molecule has 0 saturated carbocycles. The number of likely N-dealkylation sites (N-methyl/N-ethyl adjacent to an activating group) is 1. The second kappa shape index (κ2) is 7.43. The van der Waals surface area contributed by atoms with Gasteiger partial charge in [-0.1, -0.05) is 18.2 Å². The Kier molecular flexibility index (Phi) is 5.59. The van der Waals surface area contributed by atoms with Crippen LogP contribution in [0.25, 0.3) is 0 Å². The van der Waals surface area contributed by atoms with Gasteiger partial charge in [0.2, 0.25) is 0 Å². The van der Waals surface area contributed by atoms with Gasteiger partial charge in [-0.15, -0.1) is 0 Å². The number of anilines is 1. The molecule has 1 aliphatic rings. The van der Waals surface area contributed by atoms with Crippen LogP contribution in [0.2, 0.25) is 0 Å². The summed E-state index contributed by atoms with van der Waals surface area (Å²) in [5.41, 5.74) is 0.492. The minimum atomic E-state index is -0.656. The summed E-state index contributed by atoms with van der Waals surface area (Å²) in [6.07, 6.45) is 1.45. The number of methoxy groups -OCH3 is 1. The van der Waals surface area contributed by atoms with E-state index in [1.165, 1.54) is 0 Å². The Labute approximate surface area is 126 Å². The van der Waals surface area contributed by atoms with Crippen LogP contribution in [0.15, 0.2) is 30.3 Å². The maximum absolute atomic E-state index is 12.4. The molecule has 0 unspecified atom stereocenters. The van der Waals surface area contributed by atoms with Crippen molar-refractivity contribution in [3.05, 3.63) is 30.3 Å². The minimum Gasteiger partial charge on any atom is -0.373 e. The van der Waals surface area contributed by atoms with Gasteiger partial charge in [0.15, 0.2) is 0 Å². The molecule has 5 heteroatoms. The number of nitrogens with zero attached hydrogens (tertiary/aromatic N) is 1. The fourth-order valence-corrected chi connectivity index (χ4v) is 2.66. The van der Waals surface area contributed by atoms with Gasteiger partial charge in [0.25, 0.3) is 5.91 Å². The Morgan fingerprint density at radius 3 is 2.62 bits per heavy atom. The van der Waals surface area contributed by atoms with Crippen molar-refractivity contribution in [2.24, 2.45) is 0 Å². The molecule has 2 rings (SSSR count). The average molecular weight is 291 g/mol. The molecule has 0 aliphatic carbocycles. The van der Waals surface area contributed by atoms with Crippen molar-refractivity contribution in [2.75, 3.05) is 45.2 Å². The fourth-order valence-electron chi connectivity index (χ4n) is 2.66. The molecule has 5 nitrogen and oxygen atoms in total. The first-order valence-corrected chi connectivity index (χ1v) is 7.48. The van der Waals surface area contributed by atoms with Crippen molar-refractivity contribution >= 4 is 11.6 Å². The molecule has 1 saturated heterocycles. The van der Waals surface area contributed by atoms with E-state index in [9.17, 15) is 4.79 Å². The van der Waals surface area contributed by atoms with Gasteiger partial charge in [-0.25, -0.2) is 0 Å². The lowest BCUT2D eigenvalue weighted by molar-refractivity contribution is -0.146. The number of hydrogen-bond donors (Lipinski definition) is 2. The van der Waals surface area contributed by atoms with E-state index < -0.39 is 5.60 Å². The van der Waals surface area contributed by atoms with Crippen LogP contribution in [-0.2, 0) is 9.53 Å². The van der Waals surface area contributed by atoms with Crippen LogP contribution in [0.1, 0.15) is 12.8 Å². The van der Waals surface area contributed by atoms with Gasteiger partial charge in [-0.3, -0.25) is 4.79 Å².